The fourth-order valence-electron chi connectivity index (χ4n) is 4.60. The molecule has 2 aromatic rings. The summed E-state index contributed by atoms with van der Waals surface area (Å²) in [4.78, 5) is 25.9. The molecule has 0 atom stereocenters. The smallest absolute Gasteiger partial charge is 0.257 e. The molecule has 1 aliphatic heterocycles. The summed E-state index contributed by atoms with van der Waals surface area (Å²) in [6.45, 7) is 7.96. The van der Waals surface area contributed by atoms with Crippen LogP contribution in [-0.2, 0) is 19.4 Å². The number of benzene rings is 1. The van der Waals surface area contributed by atoms with Gasteiger partial charge in [0.1, 0.15) is 12.1 Å². The lowest BCUT2D eigenvalue weighted by atomic mass is 10.0. The number of fused-ring (bicyclic) bond motifs is 1. The molecule has 1 saturated heterocycles. The minimum Gasteiger partial charge on any atom is -0.496 e. The normalized spacial score (nSPS) is 17.1. The topological polar surface area (TPSA) is 58.6 Å². The van der Waals surface area contributed by atoms with E-state index in [2.05, 4.69) is 27.0 Å². The maximum absolute atomic E-state index is 13.1. The molecular weight excluding hydrogens is 364 g/mol. The molecule has 6 nitrogen and oxygen atoms in total. The fourth-order valence-corrected chi connectivity index (χ4v) is 4.60. The van der Waals surface area contributed by atoms with Crippen LogP contribution in [0.2, 0.25) is 0 Å². The highest BCUT2D eigenvalue weighted by Gasteiger charge is 2.24. The monoisotopic (exact) mass is 394 g/mol. The first-order valence-corrected chi connectivity index (χ1v) is 10.6. The van der Waals surface area contributed by atoms with E-state index in [9.17, 15) is 4.79 Å². The van der Waals surface area contributed by atoms with Gasteiger partial charge in [-0.3, -0.25) is 9.69 Å². The maximum atomic E-state index is 13.1. The molecule has 1 aliphatic carbocycles. The molecule has 1 aromatic carbocycles. The van der Waals surface area contributed by atoms with Crippen LogP contribution >= 0.6 is 0 Å². The molecule has 1 aromatic heterocycles. The van der Waals surface area contributed by atoms with E-state index in [1.807, 2.05) is 18.7 Å². The van der Waals surface area contributed by atoms with Gasteiger partial charge in [-0.15, -0.1) is 0 Å². The number of amides is 1. The molecule has 1 fully saturated rings. The molecule has 4 rings (SSSR count). The molecule has 1 amide bonds. The standard InChI is InChI=1S/C23H30N4O2/c1-16-22(17(2)25-15-24-16)23(28)27-9-5-8-26(10-11-27)14-20-12-18-6-4-7-19(18)13-21(20)29-3/h12-13,15H,4-11,14H2,1-3H3. The number of nitrogens with zero attached hydrogens (tertiary/aromatic N) is 4. The molecule has 154 valence electrons. The molecular formula is C23H30N4O2. The Morgan fingerprint density at radius 2 is 1.72 bits per heavy atom. The minimum absolute atomic E-state index is 0.0533. The zero-order chi connectivity index (χ0) is 20.4. The molecule has 2 heterocycles. The predicted octanol–water partition coefficient (Wildman–Crippen LogP) is 2.94. The van der Waals surface area contributed by atoms with Crippen LogP contribution in [0.4, 0.5) is 0 Å². The Morgan fingerprint density at radius 3 is 2.45 bits per heavy atom. The molecule has 0 saturated carbocycles. The van der Waals surface area contributed by atoms with Crippen LogP contribution in [0.3, 0.4) is 0 Å². The third-order valence-corrected chi connectivity index (χ3v) is 6.20. The van der Waals surface area contributed by atoms with Gasteiger partial charge in [0.25, 0.3) is 5.91 Å². The number of hydrogen-bond acceptors (Lipinski definition) is 5. The van der Waals surface area contributed by atoms with E-state index in [0.717, 1.165) is 62.7 Å². The molecule has 29 heavy (non-hydrogen) atoms. The van der Waals surface area contributed by atoms with Crippen molar-refractivity contribution in [3.8, 4) is 5.75 Å². The van der Waals surface area contributed by atoms with Crippen molar-refractivity contribution in [3.63, 3.8) is 0 Å². The van der Waals surface area contributed by atoms with Crippen LogP contribution in [0.15, 0.2) is 18.5 Å². The first kappa shape index (κ1) is 19.8. The largest absolute Gasteiger partial charge is 0.496 e. The number of ether oxygens (including phenoxy) is 1. The van der Waals surface area contributed by atoms with E-state index in [1.54, 1.807) is 7.11 Å². The van der Waals surface area contributed by atoms with E-state index in [4.69, 9.17) is 4.74 Å². The second-order valence-electron chi connectivity index (χ2n) is 8.13. The summed E-state index contributed by atoms with van der Waals surface area (Å²) in [5.74, 6) is 1.05. The van der Waals surface area contributed by atoms with E-state index in [0.29, 0.717) is 5.56 Å². The lowest BCUT2D eigenvalue weighted by Crippen LogP contribution is -2.36. The second kappa shape index (κ2) is 8.49. The van der Waals surface area contributed by atoms with Gasteiger partial charge in [0, 0.05) is 38.3 Å². The Balaban J connectivity index is 1.45. The Labute approximate surface area is 172 Å². The first-order chi connectivity index (χ1) is 14.1. The van der Waals surface area contributed by atoms with Gasteiger partial charge < -0.3 is 9.64 Å². The minimum atomic E-state index is 0.0533. The molecule has 0 spiro atoms. The third kappa shape index (κ3) is 4.13. The number of methoxy groups -OCH3 is 1. The van der Waals surface area contributed by atoms with E-state index in [1.165, 1.54) is 35.9 Å². The van der Waals surface area contributed by atoms with Gasteiger partial charge in [-0.1, -0.05) is 6.07 Å². The quantitative estimate of drug-likeness (QED) is 0.798. The molecule has 6 heteroatoms. The van der Waals surface area contributed by atoms with Gasteiger partial charge in [0.2, 0.25) is 0 Å². The third-order valence-electron chi connectivity index (χ3n) is 6.20. The van der Waals surface area contributed by atoms with Crippen molar-refractivity contribution in [2.45, 2.75) is 46.1 Å². The van der Waals surface area contributed by atoms with Crippen molar-refractivity contribution in [1.82, 2.24) is 19.8 Å². The number of aromatic nitrogens is 2. The Kier molecular flexibility index (Phi) is 5.81. The predicted molar refractivity (Wildman–Crippen MR) is 112 cm³/mol. The SMILES string of the molecule is COc1cc2c(cc1CN1CCCN(C(=O)c3c(C)ncnc3C)CC1)CCC2. The summed E-state index contributed by atoms with van der Waals surface area (Å²) >= 11 is 0. The second-order valence-corrected chi connectivity index (χ2v) is 8.13. The van der Waals surface area contributed by atoms with Crippen molar-refractivity contribution < 1.29 is 9.53 Å². The van der Waals surface area contributed by atoms with Crippen molar-refractivity contribution in [1.29, 1.82) is 0 Å². The average Bonchev–Trinajstić information content (AvgIpc) is 3.03. The molecule has 0 N–H and O–H groups in total. The summed E-state index contributed by atoms with van der Waals surface area (Å²) in [5, 5.41) is 0. The van der Waals surface area contributed by atoms with E-state index in [-0.39, 0.29) is 5.91 Å². The zero-order valence-electron chi connectivity index (χ0n) is 17.7. The summed E-state index contributed by atoms with van der Waals surface area (Å²) < 4.78 is 5.68. The maximum Gasteiger partial charge on any atom is 0.257 e. The van der Waals surface area contributed by atoms with Crippen LogP contribution in [0.5, 0.6) is 5.75 Å². The highest BCUT2D eigenvalue weighted by molar-refractivity contribution is 5.96. The number of hydrogen-bond donors (Lipinski definition) is 0. The summed E-state index contributed by atoms with van der Waals surface area (Å²) in [5.41, 5.74) is 6.34. The van der Waals surface area contributed by atoms with Crippen molar-refractivity contribution in [2.75, 3.05) is 33.3 Å². The summed E-state index contributed by atoms with van der Waals surface area (Å²) in [6.07, 6.45) is 6.06. The molecule has 0 radical (unpaired) electrons. The van der Waals surface area contributed by atoms with E-state index < -0.39 is 0 Å². The van der Waals surface area contributed by atoms with Gasteiger partial charge in [-0.2, -0.15) is 0 Å². The number of carbonyl (C=O) groups excluding carboxylic acids is 1. The number of carbonyl (C=O) groups is 1. The zero-order valence-corrected chi connectivity index (χ0v) is 17.7. The van der Waals surface area contributed by atoms with E-state index >= 15 is 0 Å². The summed E-state index contributed by atoms with van der Waals surface area (Å²) in [6, 6.07) is 4.56. The van der Waals surface area contributed by atoms with Crippen LogP contribution < -0.4 is 4.74 Å². The van der Waals surface area contributed by atoms with Crippen molar-refractivity contribution >= 4 is 5.91 Å². The van der Waals surface area contributed by atoms with Crippen molar-refractivity contribution in [2.24, 2.45) is 0 Å². The van der Waals surface area contributed by atoms with Gasteiger partial charge in [0.05, 0.1) is 24.1 Å². The number of aryl methyl sites for hydroxylation is 4. The summed E-state index contributed by atoms with van der Waals surface area (Å²) in [7, 11) is 1.76. The number of rotatable bonds is 4. The van der Waals surface area contributed by atoms with Crippen molar-refractivity contribution in [3.05, 3.63) is 52.1 Å². The van der Waals surface area contributed by atoms with Gasteiger partial charge in [-0.05, 0) is 56.7 Å². The Bertz CT molecular complexity index is 892. The highest BCUT2D eigenvalue weighted by Crippen LogP contribution is 2.31. The van der Waals surface area contributed by atoms with Crippen LogP contribution in [0, 0.1) is 13.8 Å². The first-order valence-electron chi connectivity index (χ1n) is 10.6. The highest BCUT2D eigenvalue weighted by atomic mass is 16.5. The molecule has 0 bridgehead atoms. The lowest BCUT2D eigenvalue weighted by molar-refractivity contribution is 0.0758. The Morgan fingerprint density at radius 1 is 1.00 bits per heavy atom. The lowest BCUT2D eigenvalue weighted by Gasteiger charge is -2.24. The van der Waals surface area contributed by atoms with Gasteiger partial charge in [0.15, 0.2) is 0 Å². The molecule has 2 aliphatic rings. The van der Waals surface area contributed by atoms with Crippen LogP contribution in [-0.4, -0.2) is 59.0 Å². The molecule has 0 unspecified atom stereocenters. The van der Waals surface area contributed by atoms with Crippen LogP contribution in [0.1, 0.15) is 51.3 Å². The van der Waals surface area contributed by atoms with Gasteiger partial charge in [-0.25, -0.2) is 9.97 Å². The van der Waals surface area contributed by atoms with Gasteiger partial charge >= 0.3 is 0 Å². The van der Waals surface area contributed by atoms with Crippen LogP contribution in [0.25, 0.3) is 0 Å². The average molecular weight is 395 g/mol. The Hall–Kier alpha value is -2.47. The fraction of sp³-hybridized carbons (Fsp3) is 0.522.